The molecule has 20 heavy (non-hydrogen) atoms. The highest BCUT2D eigenvalue weighted by molar-refractivity contribution is 5.93. The van der Waals surface area contributed by atoms with Gasteiger partial charge in [-0.15, -0.1) is 0 Å². The number of nitrogens with zero attached hydrogens (tertiary/aromatic N) is 1. The Morgan fingerprint density at radius 3 is 2.55 bits per heavy atom. The highest BCUT2D eigenvalue weighted by atomic mass is 16.5. The average molecular weight is 278 g/mol. The second kappa shape index (κ2) is 8.72. The Kier molecular flexibility index (Phi) is 7.26. The quantitative estimate of drug-likeness (QED) is 0.795. The smallest absolute Gasteiger partial charge is 0.227 e. The van der Waals surface area contributed by atoms with Gasteiger partial charge >= 0.3 is 0 Å². The lowest BCUT2D eigenvalue weighted by atomic mass is 10.1. The molecule has 0 aromatic heterocycles. The molecule has 1 amide bonds. The maximum absolute atomic E-state index is 12.4. The molecule has 4 nitrogen and oxygen atoms in total. The Labute approximate surface area is 121 Å². The van der Waals surface area contributed by atoms with Crippen LogP contribution in [0.4, 0.5) is 5.69 Å². The number of anilines is 1. The summed E-state index contributed by atoms with van der Waals surface area (Å²) in [5, 5.41) is 0. The van der Waals surface area contributed by atoms with Crippen molar-refractivity contribution >= 4 is 11.6 Å². The summed E-state index contributed by atoms with van der Waals surface area (Å²) < 4.78 is 5.19. The van der Waals surface area contributed by atoms with Gasteiger partial charge in [-0.25, -0.2) is 0 Å². The number of hydrogen-bond acceptors (Lipinski definition) is 3. The summed E-state index contributed by atoms with van der Waals surface area (Å²) in [6, 6.07) is 8.03. The highest BCUT2D eigenvalue weighted by Gasteiger charge is 2.16. The number of methoxy groups -OCH3 is 1. The van der Waals surface area contributed by atoms with E-state index in [-0.39, 0.29) is 12.0 Å². The lowest BCUT2D eigenvalue weighted by Gasteiger charge is -2.23. The fraction of sp³-hybridized carbons (Fsp3) is 0.562. The molecule has 0 fully saturated rings. The van der Waals surface area contributed by atoms with Crippen LogP contribution < -0.4 is 10.6 Å². The summed E-state index contributed by atoms with van der Waals surface area (Å²) in [6.45, 7) is 5.27. The third-order valence-electron chi connectivity index (χ3n) is 3.40. The van der Waals surface area contributed by atoms with Crippen LogP contribution in [0.5, 0.6) is 0 Å². The van der Waals surface area contributed by atoms with Crippen molar-refractivity contribution in [2.24, 2.45) is 5.73 Å². The second-order valence-corrected chi connectivity index (χ2v) is 5.11. The Hall–Kier alpha value is -1.39. The van der Waals surface area contributed by atoms with Crippen molar-refractivity contribution in [2.45, 2.75) is 39.2 Å². The number of hydrogen-bond donors (Lipinski definition) is 1. The third-order valence-corrected chi connectivity index (χ3v) is 3.40. The number of benzene rings is 1. The Bertz CT molecular complexity index is 403. The van der Waals surface area contributed by atoms with Crippen molar-refractivity contribution in [3.63, 3.8) is 0 Å². The van der Waals surface area contributed by atoms with Crippen LogP contribution in [0.1, 0.15) is 31.7 Å². The van der Waals surface area contributed by atoms with Gasteiger partial charge in [0.25, 0.3) is 0 Å². The standard InChI is InChI=1S/C16H26N2O2/c1-13-5-8-15(9-6-13)18(12-4-11-17)16(19)10-7-14(2)20-3/h5-6,8-9,14H,4,7,10-12,17H2,1-3H3. The fourth-order valence-corrected chi connectivity index (χ4v) is 1.95. The number of amides is 1. The first-order chi connectivity index (χ1) is 9.58. The number of carbonyl (C=O) groups is 1. The van der Waals surface area contributed by atoms with Crippen LogP contribution in [0.3, 0.4) is 0 Å². The van der Waals surface area contributed by atoms with Gasteiger partial charge in [0.1, 0.15) is 0 Å². The molecular weight excluding hydrogens is 252 g/mol. The van der Waals surface area contributed by atoms with Gasteiger partial charge in [0, 0.05) is 25.8 Å². The molecular formula is C16H26N2O2. The molecule has 0 saturated heterocycles. The lowest BCUT2D eigenvalue weighted by Crippen LogP contribution is -2.33. The summed E-state index contributed by atoms with van der Waals surface area (Å²) >= 11 is 0. The second-order valence-electron chi connectivity index (χ2n) is 5.11. The van der Waals surface area contributed by atoms with E-state index in [1.807, 2.05) is 43.0 Å². The van der Waals surface area contributed by atoms with E-state index in [1.54, 1.807) is 7.11 Å². The Balaban J connectivity index is 2.72. The summed E-state index contributed by atoms with van der Waals surface area (Å²) in [5.41, 5.74) is 7.70. The number of rotatable bonds is 8. The molecule has 0 spiro atoms. The third kappa shape index (κ3) is 5.31. The molecule has 0 aliphatic carbocycles. The van der Waals surface area contributed by atoms with E-state index in [0.717, 1.165) is 18.5 Å². The molecule has 0 saturated carbocycles. The van der Waals surface area contributed by atoms with Crippen LogP contribution in [0.15, 0.2) is 24.3 Å². The van der Waals surface area contributed by atoms with E-state index < -0.39 is 0 Å². The van der Waals surface area contributed by atoms with Crippen molar-refractivity contribution in [3.05, 3.63) is 29.8 Å². The van der Waals surface area contributed by atoms with E-state index >= 15 is 0 Å². The molecule has 0 aliphatic rings. The Morgan fingerprint density at radius 1 is 1.35 bits per heavy atom. The normalized spacial score (nSPS) is 12.2. The van der Waals surface area contributed by atoms with Gasteiger partial charge in [-0.3, -0.25) is 4.79 Å². The monoisotopic (exact) mass is 278 g/mol. The zero-order valence-electron chi connectivity index (χ0n) is 12.8. The minimum Gasteiger partial charge on any atom is -0.382 e. The van der Waals surface area contributed by atoms with E-state index in [0.29, 0.717) is 19.5 Å². The van der Waals surface area contributed by atoms with Crippen molar-refractivity contribution in [2.75, 3.05) is 25.1 Å². The number of ether oxygens (including phenoxy) is 1. The van der Waals surface area contributed by atoms with Crippen LogP contribution in [0.2, 0.25) is 0 Å². The molecule has 112 valence electrons. The Morgan fingerprint density at radius 2 is 2.00 bits per heavy atom. The molecule has 1 unspecified atom stereocenters. The average Bonchev–Trinajstić information content (AvgIpc) is 2.46. The molecule has 0 bridgehead atoms. The van der Waals surface area contributed by atoms with Gasteiger partial charge in [-0.2, -0.15) is 0 Å². The molecule has 2 N–H and O–H groups in total. The van der Waals surface area contributed by atoms with E-state index in [9.17, 15) is 4.79 Å². The summed E-state index contributed by atoms with van der Waals surface area (Å²) in [5.74, 6) is 0.131. The molecule has 1 aromatic rings. The molecule has 1 aromatic carbocycles. The zero-order chi connectivity index (χ0) is 15.0. The molecule has 0 radical (unpaired) electrons. The van der Waals surface area contributed by atoms with Gasteiger partial charge in [0.2, 0.25) is 5.91 Å². The van der Waals surface area contributed by atoms with E-state index in [1.165, 1.54) is 5.56 Å². The van der Waals surface area contributed by atoms with Crippen LogP contribution in [-0.4, -0.2) is 32.2 Å². The first-order valence-corrected chi connectivity index (χ1v) is 7.18. The van der Waals surface area contributed by atoms with Crippen molar-refractivity contribution in [3.8, 4) is 0 Å². The van der Waals surface area contributed by atoms with Crippen LogP contribution in [0, 0.1) is 6.92 Å². The van der Waals surface area contributed by atoms with Crippen molar-refractivity contribution in [1.82, 2.24) is 0 Å². The first kappa shape index (κ1) is 16.7. The minimum absolute atomic E-state index is 0.105. The highest BCUT2D eigenvalue weighted by Crippen LogP contribution is 2.17. The summed E-state index contributed by atoms with van der Waals surface area (Å²) in [4.78, 5) is 14.2. The van der Waals surface area contributed by atoms with Crippen LogP contribution in [-0.2, 0) is 9.53 Å². The fourth-order valence-electron chi connectivity index (χ4n) is 1.95. The minimum atomic E-state index is 0.105. The molecule has 0 aliphatic heterocycles. The SMILES string of the molecule is COC(C)CCC(=O)N(CCCN)c1ccc(C)cc1. The first-order valence-electron chi connectivity index (χ1n) is 7.18. The maximum atomic E-state index is 12.4. The van der Waals surface area contributed by atoms with Gasteiger partial charge in [0.05, 0.1) is 6.10 Å². The lowest BCUT2D eigenvalue weighted by molar-refractivity contribution is -0.119. The van der Waals surface area contributed by atoms with Gasteiger partial charge in [-0.1, -0.05) is 17.7 Å². The van der Waals surface area contributed by atoms with Gasteiger partial charge in [-0.05, 0) is 45.4 Å². The largest absolute Gasteiger partial charge is 0.382 e. The van der Waals surface area contributed by atoms with Crippen LogP contribution in [0.25, 0.3) is 0 Å². The topological polar surface area (TPSA) is 55.6 Å². The number of aryl methyl sites for hydroxylation is 1. The van der Waals surface area contributed by atoms with Gasteiger partial charge < -0.3 is 15.4 Å². The molecule has 1 rings (SSSR count). The summed E-state index contributed by atoms with van der Waals surface area (Å²) in [7, 11) is 1.67. The van der Waals surface area contributed by atoms with E-state index in [2.05, 4.69) is 0 Å². The van der Waals surface area contributed by atoms with Gasteiger partial charge in [0.15, 0.2) is 0 Å². The van der Waals surface area contributed by atoms with Crippen molar-refractivity contribution in [1.29, 1.82) is 0 Å². The molecule has 1 atom stereocenters. The number of nitrogens with two attached hydrogens (primary N) is 1. The predicted molar refractivity (Wildman–Crippen MR) is 82.9 cm³/mol. The van der Waals surface area contributed by atoms with Crippen LogP contribution >= 0.6 is 0 Å². The predicted octanol–water partition coefficient (Wildman–Crippen LogP) is 2.49. The zero-order valence-corrected chi connectivity index (χ0v) is 12.8. The molecule has 0 heterocycles. The molecule has 4 heteroatoms. The summed E-state index contributed by atoms with van der Waals surface area (Å²) in [6.07, 6.45) is 2.14. The maximum Gasteiger partial charge on any atom is 0.227 e. The number of carbonyl (C=O) groups excluding carboxylic acids is 1. The van der Waals surface area contributed by atoms with Crippen molar-refractivity contribution < 1.29 is 9.53 Å². The van der Waals surface area contributed by atoms with E-state index in [4.69, 9.17) is 10.5 Å².